The minimum Gasteiger partial charge on any atom is -0.324 e. The number of pyridine rings is 1. The normalized spacial score (nSPS) is 12.5. The first-order valence-corrected chi connectivity index (χ1v) is 11.2. The summed E-state index contributed by atoms with van der Waals surface area (Å²) in [5.74, 6) is -0.277. The monoisotopic (exact) mass is 422 g/mol. The van der Waals surface area contributed by atoms with Crippen LogP contribution in [0.5, 0.6) is 0 Å². The Kier molecular flexibility index (Phi) is 6.36. The predicted molar refractivity (Wildman–Crippen MR) is 133 cm³/mol. The molecule has 0 aliphatic heterocycles. The van der Waals surface area contributed by atoms with Crippen molar-refractivity contribution in [1.29, 1.82) is 0 Å². The second kappa shape index (κ2) is 9.35. The molecule has 0 fully saturated rings. The third-order valence-electron chi connectivity index (χ3n) is 6.32. The number of rotatable bonds is 7. The van der Waals surface area contributed by atoms with Crippen LogP contribution in [0.2, 0.25) is 0 Å². The molecule has 1 atom stereocenters. The minimum absolute atomic E-state index is 0.0295. The quantitative estimate of drug-likeness (QED) is 0.352. The summed E-state index contributed by atoms with van der Waals surface area (Å²) in [7, 11) is 0. The Bertz CT molecular complexity index is 1200. The van der Waals surface area contributed by atoms with Crippen LogP contribution in [0.25, 0.3) is 10.9 Å². The number of fused-ring (bicyclic) bond motifs is 1. The van der Waals surface area contributed by atoms with Crippen LogP contribution in [-0.2, 0) is 16.6 Å². The highest BCUT2D eigenvalue weighted by molar-refractivity contribution is 5.97. The van der Waals surface area contributed by atoms with Gasteiger partial charge in [-0.1, -0.05) is 86.6 Å². The molecule has 0 saturated heterocycles. The summed E-state index contributed by atoms with van der Waals surface area (Å²) in [6.07, 6.45) is 3.83. The molecule has 1 amide bonds. The van der Waals surface area contributed by atoms with Crippen LogP contribution in [0.3, 0.4) is 0 Å². The van der Waals surface area contributed by atoms with Gasteiger partial charge in [0.05, 0.1) is 23.3 Å². The minimum atomic E-state index is -0.247. The van der Waals surface area contributed by atoms with Crippen molar-refractivity contribution in [2.45, 2.75) is 44.9 Å². The summed E-state index contributed by atoms with van der Waals surface area (Å²) in [5.41, 5.74) is 5.38. The molecule has 0 spiro atoms. The van der Waals surface area contributed by atoms with Crippen LogP contribution in [0, 0.1) is 0 Å². The molecule has 3 heteroatoms. The smallest absolute Gasteiger partial charge is 0.231 e. The van der Waals surface area contributed by atoms with E-state index < -0.39 is 0 Å². The lowest BCUT2D eigenvalue weighted by molar-refractivity contribution is -0.117. The summed E-state index contributed by atoms with van der Waals surface area (Å²) in [5, 5.41) is 4.03. The first-order valence-electron chi connectivity index (χ1n) is 11.2. The summed E-state index contributed by atoms with van der Waals surface area (Å²) in [4.78, 5) is 17.3. The van der Waals surface area contributed by atoms with Crippen molar-refractivity contribution < 1.29 is 4.79 Å². The van der Waals surface area contributed by atoms with Crippen molar-refractivity contribution in [3.05, 3.63) is 108 Å². The van der Waals surface area contributed by atoms with E-state index in [9.17, 15) is 4.79 Å². The number of anilines is 1. The van der Waals surface area contributed by atoms with Gasteiger partial charge >= 0.3 is 0 Å². The van der Waals surface area contributed by atoms with E-state index in [1.54, 1.807) is 6.20 Å². The number of hydrogen-bond donors (Lipinski definition) is 1. The number of carbonyl (C=O) groups is 1. The van der Waals surface area contributed by atoms with Gasteiger partial charge in [-0.25, -0.2) is 0 Å². The van der Waals surface area contributed by atoms with Crippen LogP contribution in [0.15, 0.2) is 91.1 Å². The first-order chi connectivity index (χ1) is 15.4. The van der Waals surface area contributed by atoms with Crippen LogP contribution >= 0.6 is 0 Å². The average molecular weight is 423 g/mol. The molecule has 1 heterocycles. The zero-order valence-electron chi connectivity index (χ0n) is 19.0. The van der Waals surface area contributed by atoms with Crippen LogP contribution < -0.4 is 5.32 Å². The Balaban J connectivity index is 1.41. The van der Waals surface area contributed by atoms with Gasteiger partial charge in [-0.05, 0) is 54.0 Å². The van der Waals surface area contributed by atoms with Gasteiger partial charge in [-0.2, -0.15) is 0 Å². The molecule has 162 valence electrons. The zero-order valence-corrected chi connectivity index (χ0v) is 19.0. The molecular weight excluding hydrogens is 392 g/mol. The maximum Gasteiger partial charge on any atom is 0.231 e. The molecule has 0 aliphatic carbocycles. The molecule has 1 unspecified atom stereocenters. The molecule has 4 aromatic rings. The Morgan fingerprint density at radius 1 is 0.938 bits per heavy atom. The summed E-state index contributed by atoms with van der Waals surface area (Å²) >= 11 is 0. The van der Waals surface area contributed by atoms with Gasteiger partial charge in [-0.15, -0.1) is 0 Å². The van der Waals surface area contributed by atoms with E-state index in [4.69, 9.17) is 0 Å². The number of aromatic nitrogens is 1. The van der Waals surface area contributed by atoms with Crippen molar-refractivity contribution in [1.82, 2.24) is 4.98 Å². The van der Waals surface area contributed by atoms with Gasteiger partial charge in [0.2, 0.25) is 5.91 Å². The van der Waals surface area contributed by atoms with Crippen LogP contribution in [-0.4, -0.2) is 10.9 Å². The van der Waals surface area contributed by atoms with E-state index >= 15 is 0 Å². The molecule has 1 aromatic heterocycles. The number of benzene rings is 3. The third kappa shape index (κ3) is 5.05. The molecule has 0 aliphatic rings. The summed E-state index contributed by atoms with van der Waals surface area (Å²) < 4.78 is 0. The maximum absolute atomic E-state index is 12.9. The number of hydrogen-bond acceptors (Lipinski definition) is 2. The number of para-hydroxylation sites is 1. The highest BCUT2D eigenvalue weighted by atomic mass is 16.1. The number of nitrogens with one attached hydrogen (secondary N) is 1. The Labute approximate surface area is 190 Å². The van der Waals surface area contributed by atoms with Crippen LogP contribution in [0.4, 0.5) is 5.69 Å². The molecule has 3 nitrogen and oxygen atoms in total. The van der Waals surface area contributed by atoms with Crippen molar-refractivity contribution >= 4 is 22.5 Å². The van der Waals surface area contributed by atoms with E-state index in [1.165, 1.54) is 11.1 Å². The molecule has 1 N–H and O–H groups in total. The van der Waals surface area contributed by atoms with E-state index in [0.29, 0.717) is 0 Å². The van der Waals surface area contributed by atoms with Crippen molar-refractivity contribution in [3.63, 3.8) is 0 Å². The van der Waals surface area contributed by atoms with Crippen molar-refractivity contribution in [2.24, 2.45) is 0 Å². The predicted octanol–water partition coefficient (Wildman–Crippen LogP) is 6.89. The SMILES string of the molecule is CC(C(=O)Nc1cnc2ccccc2c1)c1ccc(C(C)(C)CCc2ccccc2)cc1. The molecule has 32 heavy (non-hydrogen) atoms. The number of aryl methyl sites for hydroxylation is 1. The Morgan fingerprint density at radius 3 is 2.38 bits per heavy atom. The molecule has 0 radical (unpaired) electrons. The highest BCUT2D eigenvalue weighted by Gasteiger charge is 2.22. The molecule has 0 bridgehead atoms. The molecule has 4 rings (SSSR count). The standard InChI is InChI=1S/C29H30N2O/c1-21(28(32)31-26-19-24-11-7-8-12-27(24)30-20-26)23-13-15-25(16-14-23)29(2,3)18-17-22-9-5-4-6-10-22/h4-16,19-21H,17-18H2,1-3H3,(H,31,32). The summed E-state index contributed by atoms with van der Waals surface area (Å²) in [6, 6.07) is 29.0. The second-order valence-electron chi connectivity index (χ2n) is 9.12. The van der Waals surface area contributed by atoms with Crippen LogP contribution in [0.1, 0.15) is 49.8 Å². The van der Waals surface area contributed by atoms with Gasteiger partial charge in [0.1, 0.15) is 0 Å². The van der Waals surface area contributed by atoms with E-state index in [2.05, 4.69) is 78.7 Å². The average Bonchev–Trinajstić information content (AvgIpc) is 2.83. The lowest BCUT2D eigenvalue weighted by Gasteiger charge is -2.26. The van der Waals surface area contributed by atoms with E-state index in [0.717, 1.165) is 35.0 Å². The number of carbonyl (C=O) groups excluding carboxylic acids is 1. The van der Waals surface area contributed by atoms with Crippen molar-refractivity contribution in [2.75, 3.05) is 5.32 Å². The summed E-state index contributed by atoms with van der Waals surface area (Å²) in [6.45, 7) is 6.51. The lowest BCUT2D eigenvalue weighted by Crippen LogP contribution is -2.20. The maximum atomic E-state index is 12.9. The second-order valence-corrected chi connectivity index (χ2v) is 9.12. The third-order valence-corrected chi connectivity index (χ3v) is 6.32. The molecular formula is C29H30N2O. The highest BCUT2D eigenvalue weighted by Crippen LogP contribution is 2.30. The number of nitrogens with zero attached hydrogens (tertiary/aromatic N) is 1. The Morgan fingerprint density at radius 2 is 1.62 bits per heavy atom. The van der Waals surface area contributed by atoms with Gasteiger partial charge in [0, 0.05) is 5.39 Å². The first kappa shape index (κ1) is 21.8. The van der Waals surface area contributed by atoms with Gasteiger partial charge in [-0.3, -0.25) is 9.78 Å². The van der Waals surface area contributed by atoms with Crippen molar-refractivity contribution in [3.8, 4) is 0 Å². The van der Waals surface area contributed by atoms with Gasteiger partial charge < -0.3 is 5.32 Å². The number of amides is 1. The fourth-order valence-electron chi connectivity index (χ4n) is 4.01. The topological polar surface area (TPSA) is 42.0 Å². The fraction of sp³-hybridized carbons (Fsp3) is 0.241. The van der Waals surface area contributed by atoms with Gasteiger partial charge in [0.15, 0.2) is 0 Å². The molecule has 0 saturated carbocycles. The van der Waals surface area contributed by atoms with E-state index in [-0.39, 0.29) is 17.2 Å². The van der Waals surface area contributed by atoms with E-state index in [1.807, 2.05) is 37.3 Å². The van der Waals surface area contributed by atoms with Gasteiger partial charge in [0.25, 0.3) is 0 Å². The molecule has 3 aromatic carbocycles. The largest absolute Gasteiger partial charge is 0.324 e. The fourth-order valence-corrected chi connectivity index (χ4v) is 4.01. The lowest BCUT2D eigenvalue weighted by atomic mass is 9.79. The zero-order chi connectivity index (χ0) is 22.6. The Hall–Kier alpha value is -3.46.